The van der Waals surface area contributed by atoms with Gasteiger partial charge in [-0.15, -0.1) is 0 Å². The van der Waals surface area contributed by atoms with E-state index in [1.807, 2.05) is 24.3 Å². The van der Waals surface area contributed by atoms with Gasteiger partial charge in [0.2, 0.25) is 0 Å². The van der Waals surface area contributed by atoms with Crippen LogP contribution in [0.4, 0.5) is 10.2 Å². The van der Waals surface area contributed by atoms with Gasteiger partial charge in [-0.3, -0.25) is 4.79 Å². The van der Waals surface area contributed by atoms with Gasteiger partial charge in [-0.25, -0.2) is 14.4 Å². The van der Waals surface area contributed by atoms with Gasteiger partial charge in [0.1, 0.15) is 17.3 Å². The first kappa shape index (κ1) is 23.3. The van der Waals surface area contributed by atoms with Crippen molar-refractivity contribution >= 4 is 27.7 Å². The van der Waals surface area contributed by atoms with Gasteiger partial charge in [0.05, 0.1) is 23.5 Å². The molecule has 0 aliphatic carbocycles. The molecule has 0 radical (unpaired) electrons. The number of carbonyl (C=O) groups is 1. The Morgan fingerprint density at radius 3 is 2.73 bits per heavy atom. The first-order chi connectivity index (χ1) is 16.0. The maximum atomic E-state index is 15.0. The lowest BCUT2D eigenvalue weighted by Crippen LogP contribution is -2.33. The lowest BCUT2D eigenvalue weighted by Gasteiger charge is -2.22. The van der Waals surface area contributed by atoms with Crippen molar-refractivity contribution in [2.24, 2.45) is 5.73 Å². The zero-order chi connectivity index (χ0) is 23.4. The average molecular weight is 514 g/mol. The fraction of sp³-hybridized carbons (Fsp3) is 0.292. The summed E-state index contributed by atoms with van der Waals surface area (Å²) in [5.41, 5.74) is 14.3. The molecule has 3 aromatic rings. The largest absolute Gasteiger partial charge is 0.382 e. The summed E-state index contributed by atoms with van der Waals surface area (Å²) in [6.45, 7) is 1.52. The number of benzene rings is 2. The predicted molar refractivity (Wildman–Crippen MR) is 128 cm³/mol. The molecule has 0 bridgehead atoms. The van der Waals surface area contributed by atoms with Gasteiger partial charge >= 0.3 is 0 Å². The summed E-state index contributed by atoms with van der Waals surface area (Å²) in [5.74, 6) is -0.788. The number of nitrogen functional groups attached to an aromatic ring is 1. The number of carbonyl (C=O) groups excluding carboxylic acids is 1. The molecule has 7 nitrogen and oxygen atoms in total. The lowest BCUT2D eigenvalue weighted by molar-refractivity contribution is 0.0844. The third-order valence-electron chi connectivity index (χ3n) is 5.74. The van der Waals surface area contributed by atoms with Crippen LogP contribution in [0.5, 0.6) is 0 Å². The molecule has 1 atom stereocenters. The number of amides is 1. The topological polar surface area (TPSA) is 116 Å². The first-order valence-electron chi connectivity index (χ1n) is 10.7. The molecule has 1 aromatic heterocycles. The van der Waals surface area contributed by atoms with E-state index < -0.39 is 17.8 Å². The Kier molecular flexibility index (Phi) is 7.32. The molecule has 1 amide bonds. The van der Waals surface area contributed by atoms with Crippen LogP contribution >= 0.6 is 15.9 Å². The highest BCUT2D eigenvalue weighted by molar-refractivity contribution is 9.10. The number of rotatable bonds is 6. The number of aromatic nitrogens is 2. The summed E-state index contributed by atoms with van der Waals surface area (Å²) in [4.78, 5) is 21.7. The van der Waals surface area contributed by atoms with Crippen LogP contribution in [0.15, 0.2) is 53.1 Å². The van der Waals surface area contributed by atoms with E-state index in [4.69, 9.17) is 16.2 Å². The molecule has 5 N–H and O–H groups in total. The Labute approximate surface area is 199 Å². The normalized spacial score (nSPS) is 15.2. The van der Waals surface area contributed by atoms with Gasteiger partial charge in [0, 0.05) is 35.7 Å². The van der Waals surface area contributed by atoms with Crippen LogP contribution in [0.2, 0.25) is 0 Å². The third-order valence-corrected chi connectivity index (χ3v) is 6.23. The SMILES string of the molecule is NCC(NC(=O)c1ccc(-c2nc(C3CCOCC3)cnc2N)cc1F)c1cccc(Br)c1. The maximum absolute atomic E-state index is 15.0. The van der Waals surface area contributed by atoms with E-state index in [0.717, 1.165) is 28.6 Å². The quantitative estimate of drug-likeness (QED) is 0.459. The van der Waals surface area contributed by atoms with E-state index in [1.54, 1.807) is 12.3 Å². The molecule has 4 rings (SSSR count). The number of hydrogen-bond donors (Lipinski definition) is 3. The molecule has 2 heterocycles. The Balaban J connectivity index is 1.56. The van der Waals surface area contributed by atoms with E-state index >= 15 is 0 Å². The smallest absolute Gasteiger partial charge is 0.254 e. The number of anilines is 1. The Morgan fingerprint density at radius 2 is 2.03 bits per heavy atom. The zero-order valence-electron chi connectivity index (χ0n) is 17.9. The minimum atomic E-state index is -0.673. The van der Waals surface area contributed by atoms with Crippen LogP contribution in [0.3, 0.4) is 0 Å². The zero-order valence-corrected chi connectivity index (χ0v) is 19.5. The highest BCUT2D eigenvalue weighted by Gasteiger charge is 2.21. The summed E-state index contributed by atoms with van der Waals surface area (Å²) < 4.78 is 21.3. The summed E-state index contributed by atoms with van der Waals surface area (Å²) in [7, 11) is 0. The van der Waals surface area contributed by atoms with Crippen molar-refractivity contribution in [3.63, 3.8) is 0 Å². The first-order valence-corrected chi connectivity index (χ1v) is 11.5. The van der Waals surface area contributed by atoms with E-state index in [1.165, 1.54) is 12.1 Å². The van der Waals surface area contributed by atoms with Gasteiger partial charge in [-0.2, -0.15) is 0 Å². The predicted octanol–water partition coefficient (Wildman–Crippen LogP) is 3.95. The fourth-order valence-corrected chi connectivity index (χ4v) is 4.32. The number of nitrogens with one attached hydrogen (secondary N) is 1. The van der Waals surface area contributed by atoms with Crippen LogP contribution < -0.4 is 16.8 Å². The van der Waals surface area contributed by atoms with E-state index in [2.05, 4.69) is 31.2 Å². The highest BCUT2D eigenvalue weighted by Crippen LogP contribution is 2.30. The van der Waals surface area contributed by atoms with E-state index in [9.17, 15) is 9.18 Å². The summed E-state index contributed by atoms with van der Waals surface area (Å²) in [5, 5.41) is 2.80. The fourth-order valence-electron chi connectivity index (χ4n) is 3.90. The van der Waals surface area contributed by atoms with Gasteiger partial charge < -0.3 is 21.5 Å². The third kappa shape index (κ3) is 5.38. The molecule has 1 aliphatic heterocycles. The minimum absolute atomic E-state index is 0.0840. The number of halogens is 2. The standard InChI is InChI=1S/C24H25BrFN5O2/c25-17-3-1-2-15(10-17)20(12-27)31-24(32)18-5-4-16(11-19(18)26)22-23(28)29-13-21(30-22)14-6-8-33-9-7-14/h1-5,10-11,13-14,20H,6-9,12,27H2,(H2,28,29)(H,31,32). The van der Waals surface area contributed by atoms with Crippen LogP contribution in [-0.4, -0.2) is 35.6 Å². The van der Waals surface area contributed by atoms with Crippen LogP contribution in [-0.2, 0) is 4.74 Å². The highest BCUT2D eigenvalue weighted by atomic mass is 79.9. The lowest BCUT2D eigenvalue weighted by atomic mass is 9.96. The number of nitrogens with zero attached hydrogens (tertiary/aromatic N) is 2. The monoisotopic (exact) mass is 513 g/mol. The molecular weight excluding hydrogens is 489 g/mol. The molecule has 1 fully saturated rings. The molecule has 172 valence electrons. The van der Waals surface area contributed by atoms with E-state index in [0.29, 0.717) is 24.5 Å². The molecule has 1 saturated heterocycles. The Morgan fingerprint density at radius 1 is 1.24 bits per heavy atom. The second kappa shape index (κ2) is 10.4. The molecule has 33 heavy (non-hydrogen) atoms. The molecule has 1 unspecified atom stereocenters. The van der Waals surface area contributed by atoms with Crippen molar-refractivity contribution < 1.29 is 13.9 Å². The second-order valence-corrected chi connectivity index (χ2v) is 8.84. The van der Waals surface area contributed by atoms with Gasteiger partial charge in [0.25, 0.3) is 5.91 Å². The van der Waals surface area contributed by atoms with Crippen molar-refractivity contribution in [1.82, 2.24) is 15.3 Å². The van der Waals surface area contributed by atoms with Gasteiger partial charge in [0.15, 0.2) is 0 Å². The molecule has 1 aliphatic rings. The van der Waals surface area contributed by atoms with Crippen LogP contribution in [0.25, 0.3) is 11.3 Å². The molecule has 0 spiro atoms. The van der Waals surface area contributed by atoms with E-state index in [-0.39, 0.29) is 23.8 Å². The molecule has 2 aromatic carbocycles. The molecule has 0 saturated carbocycles. The van der Waals surface area contributed by atoms with Crippen molar-refractivity contribution in [3.8, 4) is 11.3 Å². The number of nitrogens with two attached hydrogens (primary N) is 2. The second-order valence-electron chi connectivity index (χ2n) is 7.93. The van der Waals surface area contributed by atoms with Crippen molar-refractivity contribution in [2.75, 3.05) is 25.5 Å². The Bertz CT molecular complexity index is 1150. The maximum Gasteiger partial charge on any atom is 0.254 e. The average Bonchev–Trinajstić information content (AvgIpc) is 2.83. The summed E-state index contributed by atoms with van der Waals surface area (Å²) in [6.07, 6.45) is 3.37. The molecule has 9 heteroatoms. The van der Waals surface area contributed by atoms with Crippen LogP contribution in [0.1, 0.15) is 46.4 Å². The summed E-state index contributed by atoms with van der Waals surface area (Å²) >= 11 is 3.41. The van der Waals surface area contributed by atoms with Crippen molar-refractivity contribution in [1.29, 1.82) is 0 Å². The minimum Gasteiger partial charge on any atom is -0.382 e. The van der Waals surface area contributed by atoms with Crippen LogP contribution in [0, 0.1) is 5.82 Å². The van der Waals surface area contributed by atoms with Crippen molar-refractivity contribution in [2.45, 2.75) is 24.8 Å². The number of ether oxygens (including phenoxy) is 1. The van der Waals surface area contributed by atoms with Crippen molar-refractivity contribution in [3.05, 3.63) is 75.8 Å². The number of hydrogen-bond acceptors (Lipinski definition) is 6. The molecular formula is C24H25BrFN5O2. The summed E-state index contributed by atoms with van der Waals surface area (Å²) in [6, 6.07) is 11.3. The van der Waals surface area contributed by atoms with Gasteiger partial charge in [-0.05, 0) is 42.7 Å². The Hall–Kier alpha value is -2.88. The van der Waals surface area contributed by atoms with Gasteiger partial charge in [-0.1, -0.05) is 34.1 Å².